The molecule has 0 aliphatic rings. The van der Waals surface area contributed by atoms with Crippen LogP contribution in [0.3, 0.4) is 0 Å². The summed E-state index contributed by atoms with van der Waals surface area (Å²) in [6.07, 6.45) is 0. The maximum Gasteiger partial charge on any atom is 0.0437 e. The maximum absolute atomic E-state index is 4.83. The molecule has 0 N–H and O–H groups in total. The minimum absolute atomic E-state index is 0.819. The molecule has 0 unspecified atom stereocenters. The highest BCUT2D eigenvalue weighted by Crippen LogP contribution is 1.64. The van der Waals surface area contributed by atoms with Gasteiger partial charge in [0.15, 0.2) is 0 Å². The minimum Gasteiger partial charge on any atom is -0.385 e. The molecular weight excluding hydrogens is 168 g/mol. The summed E-state index contributed by atoms with van der Waals surface area (Å²) in [5, 5.41) is 0. The van der Waals surface area contributed by atoms with Gasteiger partial charge in [-0.1, -0.05) is 0 Å². The van der Waals surface area contributed by atoms with Crippen LogP contribution in [-0.2, 0) is 14.2 Å². The van der Waals surface area contributed by atoms with Gasteiger partial charge in [0.1, 0.15) is 0 Å². The maximum atomic E-state index is 4.83. The molecule has 0 heterocycles. The minimum atomic E-state index is 0.819. The third-order valence-electron chi connectivity index (χ3n) is 0.986. The van der Waals surface area contributed by atoms with Gasteiger partial charge in [0.25, 0.3) is 0 Å². The van der Waals surface area contributed by atoms with Crippen molar-refractivity contribution in [1.82, 2.24) is 0 Å². The monoisotopic (exact) mass is 194 g/mol. The second-order valence-corrected chi connectivity index (χ2v) is 1.94. The Kier molecular flexibility index (Phi) is 42.6. The van der Waals surface area contributed by atoms with Crippen molar-refractivity contribution in [3.8, 4) is 0 Å². The number of rotatable bonds is 4. The molecule has 0 fully saturated rings. The topological polar surface area (TPSA) is 27.7 Å². The van der Waals surface area contributed by atoms with Gasteiger partial charge in [-0.05, 0) is 27.7 Å². The molecule has 0 saturated carbocycles. The normalized spacial score (nSPS) is 7.85. The van der Waals surface area contributed by atoms with E-state index in [1.54, 1.807) is 14.2 Å². The van der Waals surface area contributed by atoms with Crippen molar-refractivity contribution in [2.24, 2.45) is 0 Å². The quantitative estimate of drug-likeness (QED) is 0.687. The lowest BCUT2D eigenvalue weighted by Gasteiger charge is -1.86. The van der Waals surface area contributed by atoms with Crippen LogP contribution in [0.4, 0.5) is 0 Å². The van der Waals surface area contributed by atoms with E-state index in [4.69, 9.17) is 4.74 Å². The molecule has 0 radical (unpaired) electrons. The molecule has 0 amide bonds. The number of hydrogen-bond acceptors (Lipinski definition) is 3. The molecule has 0 aromatic rings. The van der Waals surface area contributed by atoms with Crippen molar-refractivity contribution in [1.29, 1.82) is 0 Å². The van der Waals surface area contributed by atoms with Gasteiger partial charge >= 0.3 is 0 Å². The molecular formula is C10H26O3. The Hall–Kier alpha value is -0.120. The Morgan fingerprint density at radius 1 is 0.615 bits per heavy atom. The molecule has 3 nitrogen and oxygen atoms in total. The van der Waals surface area contributed by atoms with E-state index in [0.29, 0.717) is 0 Å². The first-order valence-corrected chi connectivity index (χ1v) is 4.80. The fourth-order valence-electron chi connectivity index (χ4n) is 0.204. The van der Waals surface area contributed by atoms with Crippen LogP contribution in [0.1, 0.15) is 27.7 Å². The average Bonchev–Trinajstić information content (AvgIpc) is 2.20. The highest BCUT2D eigenvalue weighted by Gasteiger charge is 1.64. The Labute approximate surface area is 83.4 Å². The first kappa shape index (κ1) is 18.6. The van der Waals surface area contributed by atoms with Crippen molar-refractivity contribution in [3.05, 3.63) is 0 Å². The molecule has 0 aromatic carbocycles. The first-order valence-electron chi connectivity index (χ1n) is 4.80. The summed E-state index contributed by atoms with van der Waals surface area (Å²) in [5.74, 6) is 0. The van der Waals surface area contributed by atoms with Crippen molar-refractivity contribution in [2.45, 2.75) is 27.7 Å². The predicted octanol–water partition coefficient (Wildman–Crippen LogP) is 2.35. The van der Waals surface area contributed by atoms with Gasteiger partial charge in [0.05, 0.1) is 0 Å². The lowest BCUT2D eigenvalue weighted by atomic mass is 10.8. The Morgan fingerprint density at radius 2 is 0.846 bits per heavy atom. The molecule has 84 valence electrons. The zero-order chi connectivity index (χ0) is 10.9. The Morgan fingerprint density at radius 3 is 0.846 bits per heavy atom. The highest BCUT2D eigenvalue weighted by atomic mass is 16.5. The second-order valence-electron chi connectivity index (χ2n) is 1.94. The van der Waals surface area contributed by atoms with Crippen LogP contribution >= 0.6 is 0 Å². The van der Waals surface area contributed by atoms with Gasteiger partial charge in [-0.15, -0.1) is 0 Å². The predicted molar refractivity (Wildman–Crippen MR) is 57.3 cm³/mol. The molecule has 0 atom stereocenters. The standard InChI is InChI=1S/C4H10O.2C3H8O/c1-3-5-4-2;2*1-3-4-2/h3-4H2,1-2H3;2*3H2,1-2H3. The van der Waals surface area contributed by atoms with Crippen LogP contribution in [0.15, 0.2) is 0 Å². The molecule has 0 aliphatic heterocycles. The number of hydrogen-bond donors (Lipinski definition) is 0. The fraction of sp³-hybridized carbons (Fsp3) is 1.00. The summed E-state index contributed by atoms with van der Waals surface area (Å²) in [4.78, 5) is 0. The van der Waals surface area contributed by atoms with Crippen LogP contribution in [0.5, 0.6) is 0 Å². The van der Waals surface area contributed by atoms with E-state index in [9.17, 15) is 0 Å². The van der Waals surface area contributed by atoms with Crippen LogP contribution in [-0.4, -0.2) is 40.6 Å². The smallest absolute Gasteiger partial charge is 0.0437 e. The average molecular weight is 194 g/mol. The van der Waals surface area contributed by atoms with Crippen molar-refractivity contribution >= 4 is 0 Å². The largest absolute Gasteiger partial charge is 0.385 e. The highest BCUT2D eigenvalue weighted by molar-refractivity contribution is 4.07. The molecule has 0 aromatic heterocycles. The summed E-state index contributed by atoms with van der Waals surface area (Å²) in [6, 6.07) is 0. The number of ether oxygens (including phenoxy) is 3. The van der Waals surface area contributed by atoms with E-state index in [2.05, 4.69) is 9.47 Å². The second kappa shape index (κ2) is 29.7. The molecule has 3 heteroatoms. The van der Waals surface area contributed by atoms with Gasteiger partial charge in [-0.25, -0.2) is 0 Å². The molecule has 0 rings (SSSR count). The van der Waals surface area contributed by atoms with E-state index in [-0.39, 0.29) is 0 Å². The molecule has 0 spiro atoms. The third-order valence-corrected chi connectivity index (χ3v) is 0.986. The molecule has 0 saturated heterocycles. The molecule has 13 heavy (non-hydrogen) atoms. The van der Waals surface area contributed by atoms with E-state index in [0.717, 1.165) is 26.4 Å². The first-order chi connectivity index (χ1) is 6.24. The van der Waals surface area contributed by atoms with Gasteiger partial charge in [0, 0.05) is 40.6 Å². The van der Waals surface area contributed by atoms with Crippen LogP contribution in [0.25, 0.3) is 0 Å². The third kappa shape index (κ3) is 77.0. The van der Waals surface area contributed by atoms with E-state index < -0.39 is 0 Å². The van der Waals surface area contributed by atoms with Gasteiger partial charge < -0.3 is 14.2 Å². The van der Waals surface area contributed by atoms with Crippen molar-refractivity contribution in [3.63, 3.8) is 0 Å². The summed E-state index contributed by atoms with van der Waals surface area (Å²) in [5.41, 5.74) is 0. The molecule has 0 aliphatic carbocycles. The van der Waals surface area contributed by atoms with E-state index >= 15 is 0 Å². The zero-order valence-corrected chi connectivity index (χ0v) is 10.1. The summed E-state index contributed by atoms with van der Waals surface area (Å²) in [7, 11) is 3.36. The van der Waals surface area contributed by atoms with Crippen LogP contribution in [0.2, 0.25) is 0 Å². The fourth-order valence-corrected chi connectivity index (χ4v) is 0.204. The van der Waals surface area contributed by atoms with Gasteiger partial charge in [0.2, 0.25) is 0 Å². The molecule has 0 bridgehead atoms. The van der Waals surface area contributed by atoms with E-state index in [1.165, 1.54) is 0 Å². The van der Waals surface area contributed by atoms with Crippen molar-refractivity contribution < 1.29 is 14.2 Å². The van der Waals surface area contributed by atoms with E-state index in [1.807, 2.05) is 27.7 Å². The number of methoxy groups -OCH3 is 2. The zero-order valence-electron chi connectivity index (χ0n) is 10.1. The lowest BCUT2D eigenvalue weighted by Crippen LogP contribution is -1.84. The summed E-state index contributed by atoms with van der Waals surface area (Å²) >= 11 is 0. The SMILES string of the molecule is CCOC.CCOC.CCOCC. The Bertz CT molecular complexity index is 39.4. The van der Waals surface area contributed by atoms with Crippen molar-refractivity contribution in [2.75, 3.05) is 40.6 Å². The van der Waals surface area contributed by atoms with Gasteiger partial charge in [-0.2, -0.15) is 0 Å². The van der Waals surface area contributed by atoms with Gasteiger partial charge in [-0.3, -0.25) is 0 Å². The summed E-state index contributed by atoms with van der Waals surface area (Å²) in [6.45, 7) is 11.2. The lowest BCUT2D eigenvalue weighted by molar-refractivity contribution is 0.162. The van der Waals surface area contributed by atoms with Crippen LogP contribution < -0.4 is 0 Å². The Balaban J connectivity index is -0.000000117. The van der Waals surface area contributed by atoms with Crippen LogP contribution in [0, 0.1) is 0 Å². The summed E-state index contributed by atoms with van der Waals surface area (Å²) < 4.78 is 13.9.